The maximum atomic E-state index is 12.5. The van der Waals surface area contributed by atoms with Crippen LogP contribution in [0.15, 0.2) is 35.2 Å². The van der Waals surface area contributed by atoms with Crippen LogP contribution in [0, 0.1) is 0 Å². The summed E-state index contributed by atoms with van der Waals surface area (Å²) in [4.78, 5) is 0.608. The Kier molecular flexibility index (Phi) is 5.29. The number of hydrogen-bond acceptors (Lipinski definition) is 2. The molecular weight excluding hydrogens is 244 g/mol. The van der Waals surface area contributed by atoms with Gasteiger partial charge in [0.1, 0.15) is 0 Å². The molecule has 0 fully saturated rings. The zero-order chi connectivity index (χ0) is 13.8. The van der Waals surface area contributed by atoms with Crippen molar-refractivity contribution in [2.24, 2.45) is 0 Å². The van der Waals surface area contributed by atoms with Gasteiger partial charge >= 0.3 is 0 Å². The van der Waals surface area contributed by atoms with Crippen LogP contribution in [0.2, 0.25) is 0 Å². The van der Waals surface area contributed by atoms with E-state index in [1.165, 1.54) is 0 Å². The standard InChI is InChI=1S/C15H22O2S/c1-5-13(16)14(18(17)15(2,3)4)11-12-9-7-6-8-10-12/h6-11,13,16H,5H2,1-4H3/b14-11+/t13-,18+/m0/s1. The molecule has 0 bridgehead atoms. The number of hydrogen-bond donors (Lipinski definition) is 1. The summed E-state index contributed by atoms with van der Waals surface area (Å²) >= 11 is 0. The molecule has 0 radical (unpaired) electrons. The molecule has 1 aromatic rings. The van der Waals surface area contributed by atoms with Crippen molar-refractivity contribution < 1.29 is 9.32 Å². The van der Waals surface area contributed by atoms with Gasteiger partial charge in [0.25, 0.3) is 0 Å². The third-order valence-electron chi connectivity index (χ3n) is 2.59. The van der Waals surface area contributed by atoms with Crippen molar-refractivity contribution in [2.45, 2.75) is 45.0 Å². The van der Waals surface area contributed by atoms with E-state index in [4.69, 9.17) is 0 Å². The molecule has 0 aromatic heterocycles. The molecule has 0 unspecified atom stereocenters. The summed E-state index contributed by atoms with van der Waals surface area (Å²) in [6.07, 6.45) is 1.76. The number of benzene rings is 1. The van der Waals surface area contributed by atoms with Crippen LogP contribution in [0.5, 0.6) is 0 Å². The van der Waals surface area contributed by atoms with Crippen LogP contribution >= 0.6 is 0 Å². The highest BCUT2D eigenvalue weighted by molar-refractivity contribution is 7.90. The summed E-state index contributed by atoms with van der Waals surface area (Å²) in [5.74, 6) is 0. The first-order valence-corrected chi connectivity index (χ1v) is 7.38. The fourth-order valence-corrected chi connectivity index (χ4v) is 2.91. The Balaban J connectivity index is 3.15. The molecule has 3 heteroatoms. The first kappa shape index (κ1) is 15.1. The second-order valence-corrected chi connectivity index (χ2v) is 7.50. The largest absolute Gasteiger partial charge is 0.388 e. The lowest BCUT2D eigenvalue weighted by Gasteiger charge is -2.23. The van der Waals surface area contributed by atoms with Gasteiger partial charge in [-0.25, -0.2) is 0 Å². The van der Waals surface area contributed by atoms with Crippen molar-refractivity contribution >= 4 is 16.9 Å². The average molecular weight is 266 g/mol. The quantitative estimate of drug-likeness (QED) is 0.907. The monoisotopic (exact) mass is 266 g/mol. The highest BCUT2D eigenvalue weighted by atomic mass is 32.2. The van der Waals surface area contributed by atoms with Crippen LogP contribution in [0.25, 0.3) is 6.08 Å². The van der Waals surface area contributed by atoms with Gasteiger partial charge in [-0.2, -0.15) is 0 Å². The van der Waals surface area contributed by atoms with Crippen LogP contribution in [0.1, 0.15) is 39.7 Å². The lowest BCUT2D eigenvalue weighted by atomic mass is 10.1. The molecule has 0 saturated heterocycles. The Hall–Kier alpha value is -0.930. The number of aliphatic hydroxyl groups is 1. The Morgan fingerprint density at radius 1 is 1.33 bits per heavy atom. The Morgan fingerprint density at radius 3 is 2.33 bits per heavy atom. The maximum absolute atomic E-state index is 12.5. The summed E-state index contributed by atoms with van der Waals surface area (Å²) < 4.78 is 12.1. The summed E-state index contributed by atoms with van der Waals surface area (Å²) in [5, 5.41) is 10.1. The lowest BCUT2D eigenvalue weighted by Crippen LogP contribution is -2.27. The zero-order valence-corrected chi connectivity index (χ0v) is 12.3. The van der Waals surface area contributed by atoms with E-state index in [0.29, 0.717) is 11.3 Å². The molecule has 1 N–H and O–H groups in total. The Bertz CT molecular complexity index is 430. The molecule has 0 aliphatic rings. The minimum Gasteiger partial charge on any atom is -0.388 e. The molecule has 0 amide bonds. The van der Waals surface area contributed by atoms with Gasteiger partial charge in [-0.1, -0.05) is 37.3 Å². The van der Waals surface area contributed by atoms with Gasteiger partial charge in [-0.05, 0) is 38.8 Å². The molecule has 0 spiro atoms. The first-order valence-electron chi connectivity index (χ1n) is 6.23. The number of aliphatic hydroxyl groups excluding tert-OH is 1. The van der Waals surface area contributed by atoms with Gasteiger partial charge in [0, 0.05) is 9.65 Å². The topological polar surface area (TPSA) is 37.3 Å². The fraction of sp³-hybridized carbons (Fsp3) is 0.467. The highest BCUT2D eigenvalue weighted by Gasteiger charge is 2.26. The molecule has 2 atom stereocenters. The van der Waals surface area contributed by atoms with E-state index >= 15 is 0 Å². The molecule has 1 aromatic carbocycles. The van der Waals surface area contributed by atoms with E-state index in [1.54, 1.807) is 0 Å². The van der Waals surface area contributed by atoms with Gasteiger partial charge < -0.3 is 5.11 Å². The van der Waals surface area contributed by atoms with E-state index in [-0.39, 0.29) is 4.75 Å². The summed E-state index contributed by atoms with van der Waals surface area (Å²) in [6, 6.07) is 9.70. The van der Waals surface area contributed by atoms with Crippen LogP contribution in [0.4, 0.5) is 0 Å². The molecule has 2 nitrogen and oxygen atoms in total. The van der Waals surface area contributed by atoms with Gasteiger partial charge in [-0.3, -0.25) is 4.21 Å². The van der Waals surface area contributed by atoms with Gasteiger partial charge in [0.2, 0.25) is 0 Å². The van der Waals surface area contributed by atoms with Crippen molar-refractivity contribution in [3.63, 3.8) is 0 Å². The van der Waals surface area contributed by atoms with Crippen molar-refractivity contribution in [2.75, 3.05) is 0 Å². The minimum absolute atomic E-state index is 0.364. The summed E-state index contributed by atoms with van der Waals surface area (Å²) in [6.45, 7) is 7.66. The van der Waals surface area contributed by atoms with E-state index in [1.807, 2.05) is 64.1 Å². The van der Waals surface area contributed by atoms with Crippen LogP contribution in [0.3, 0.4) is 0 Å². The van der Waals surface area contributed by atoms with Crippen LogP contribution in [-0.4, -0.2) is 20.2 Å². The Morgan fingerprint density at radius 2 is 1.89 bits per heavy atom. The van der Waals surface area contributed by atoms with Crippen molar-refractivity contribution in [1.29, 1.82) is 0 Å². The molecule has 0 aliphatic heterocycles. The Labute approximate surface area is 112 Å². The second-order valence-electron chi connectivity index (χ2n) is 5.26. The van der Waals surface area contributed by atoms with Gasteiger partial charge in [0.05, 0.1) is 16.9 Å². The van der Waals surface area contributed by atoms with E-state index in [2.05, 4.69) is 0 Å². The van der Waals surface area contributed by atoms with Crippen molar-refractivity contribution in [1.82, 2.24) is 0 Å². The maximum Gasteiger partial charge on any atom is 0.0871 e. The summed E-state index contributed by atoms with van der Waals surface area (Å²) in [5.41, 5.74) is 0.970. The van der Waals surface area contributed by atoms with E-state index in [0.717, 1.165) is 5.56 Å². The van der Waals surface area contributed by atoms with Crippen molar-refractivity contribution in [3.05, 3.63) is 40.8 Å². The lowest BCUT2D eigenvalue weighted by molar-refractivity contribution is 0.215. The van der Waals surface area contributed by atoms with Crippen LogP contribution < -0.4 is 0 Å². The fourth-order valence-electron chi connectivity index (χ4n) is 1.54. The zero-order valence-electron chi connectivity index (χ0n) is 11.5. The van der Waals surface area contributed by atoms with Gasteiger partial charge in [0.15, 0.2) is 0 Å². The first-order chi connectivity index (χ1) is 8.36. The molecule has 100 valence electrons. The highest BCUT2D eigenvalue weighted by Crippen LogP contribution is 2.24. The molecule has 18 heavy (non-hydrogen) atoms. The molecule has 0 heterocycles. The predicted octanol–water partition coefficient (Wildman–Crippen LogP) is 3.35. The molecule has 0 saturated carbocycles. The van der Waals surface area contributed by atoms with Crippen LogP contribution in [-0.2, 0) is 10.8 Å². The molecular formula is C15H22O2S. The van der Waals surface area contributed by atoms with E-state index < -0.39 is 16.9 Å². The normalized spacial score (nSPS) is 16.4. The molecule has 1 rings (SSSR count). The second kappa shape index (κ2) is 6.30. The SMILES string of the molecule is CC[C@H](O)/C(=C\c1ccccc1)[S@@](=O)C(C)(C)C. The van der Waals surface area contributed by atoms with Gasteiger partial charge in [-0.15, -0.1) is 0 Å². The summed E-state index contributed by atoms with van der Waals surface area (Å²) in [7, 11) is -1.19. The minimum atomic E-state index is -1.19. The third kappa shape index (κ3) is 4.07. The smallest absolute Gasteiger partial charge is 0.0871 e. The van der Waals surface area contributed by atoms with Crippen molar-refractivity contribution in [3.8, 4) is 0 Å². The average Bonchev–Trinajstić information content (AvgIpc) is 2.34. The molecule has 0 aliphatic carbocycles. The third-order valence-corrected chi connectivity index (χ3v) is 4.52. The van der Waals surface area contributed by atoms with E-state index in [9.17, 15) is 9.32 Å². The predicted molar refractivity (Wildman–Crippen MR) is 78.6 cm³/mol. The number of rotatable bonds is 4.